The summed E-state index contributed by atoms with van der Waals surface area (Å²) in [5, 5.41) is 0. The number of carbonyl (C=O) groups is 1. The molecule has 2 aromatic carbocycles. The molecule has 7 heteroatoms. The van der Waals surface area contributed by atoms with Gasteiger partial charge in [0.1, 0.15) is 17.6 Å². The lowest BCUT2D eigenvalue weighted by Crippen LogP contribution is -2.47. The molecular weight excluding hydrogens is 408 g/mol. The van der Waals surface area contributed by atoms with Crippen molar-refractivity contribution >= 4 is 12.0 Å². The van der Waals surface area contributed by atoms with Crippen LogP contribution in [-0.2, 0) is 17.8 Å². The van der Waals surface area contributed by atoms with E-state index < -0.39 is 0 Å². The van der Waals surface area contributed by atoms with Crippen molar-refractivity contribution in [3.8, 4) is 23.0 Å². The minimum absolute atomic E-state index is 0.0181. The molecule has 0 spiro atoms. The maximum atomic E-state index is 12.8. The highest BCUT2D eigenvalue weighted by Gasteiger charge is 2.23. The Bertz CT molecular complexity index is 1040. The van der Waals surface area contributed by atoms with Crippen LogP contribution in [0.5, 0.6) is 23.0 Å². The van der Waals surface area contributed by atoms with Crippen molar-refractivity contribution in [1.82, 2.24) is 9.80 Å². The molecular formula is C25H28N2O5. The molecule has 0 aliphatic carbocycles. The van der Waals surface area contributed by atoms with Gasteiger partial charge in [-0.15, -0.1) is 0 Å². The molecule has 1 atom stereocenters. The molecule has 5 rings (SSSR count). The number of carbonyl (C=O) groups excluding carboxylic acids is 1. The number of hydrogen-bond donors (Lipinski definition) is 0. The minimum atomic E-state index is 0.0181. The van der Waals surface area contributed by atoms with E-state index in [2.05, 4.69) is 17.9 Å². The van der Waals surface area contributed by atoms with E-state index in [9.17, 15) is 4.79 Å². The van der Waals surface area contributed by atoms with Crippen LogP contribution in [0, 0.1) is 0 Å². The fourth-order valence-electron chi connectivity index (χ4n) is 4.45. The van der Waals surface area contributed by atoms with Gasteiger partial charge in [-0.2, -0.15) is 0 Å². The lowest BCUT2D eigenvalue weighted by molar-refractivity contribution is -0.127. The summed E-state index contributed by atoms with van der Waals surface area (Å²) < 4.78 is 22.2. The average Bonchev–Trinajstić information content (AvgIpc) is 3.41. The van der Waals surface area contributed by atoms with Gasteiger partial charge in [-0.05, 0) is 42.8 Å². The Morgan fingerprint density at radius 2 is 1.91 bits per heavy atom. The number of piperazine rings is 1. The van der Waals surface area contributed by atoms with Crippen molar-refractivity contribution < 1.29 is 23.7 Å². The Morgan fingerprint density at radius 1 is 1.09 bits per heavy atom. The molecule has 1 saturated heterocycles. The lowest BCUT2D eigenvalue weighted by atomic mass is 10.1. The molecule has 0 radical (unpaired) electrons. The van der Waals surface area contributed by atoms with Gasteiger partial charge in [0.15, 0.2) is 11.5 Å². The zero-order valence-corrected chi connectivity index (χ0v) is 18.5. The van der Waals surface area contributed by atoms with Gasteiger partial charge in [0, 0.05) is 56.3 Å². The summed E-state index contributed by atoms with van der Waals surface area (Å²) in [6.45, 7) is 6.25. The molecule has 32 heavy (non-hydrogen) atoms. The highest BCUT2D eigenvalue weighted by atomic mass is 16.7. The first-order chi connectivity index (χ1) is 15.6. The number of benzene rings is 2. The van der Waals surface area contributed by atoms with Gasteiger partial charge >= 0.3 is 0 Å². The van der Waals surface area contributed by atoms with Crippen molar-refractivity contribution in [2.24, 2.45) is 0 Å². The predicted molar refractivity (Wildman–Crippen MR) is 120 cm³/mol. The van der Waals surface area contributed by atoms with Gasteiger partial charge in [-0.25, -0.2) is 0 Å². The SMILES string of the molecule is COc1cc2c(cc1/C=C/C(=O)N1CCN(Cc3ccc4c(c3)OCO4)CC1)OC(C)C2. The Labute approximate surface area is 188 Å². The summed E-state index contributed by atoms with van der Waals surface area (Å²) >= 11 is 0. The van der Waals surface area contributed by atoms with Gasteiger partial charge < -0.3 is 23.8 Å². The van der Waals surface area contributed by atoms with E-state index in [1.54, 1.807) is 13.2 Å². The van der Waals surface area contributed by atoms with Crippen molar-refractivity contribution in [2.45, 2.75) is 26.0 Å². The standard InChI is InChI=1S/C25H28N2O5/c1-17-11-20-14-22(29-2)19(13-23(20)32-17)4-6-25(28)27-9-7-26(8-10-27)15-18-3-5-21-24(12-18)31-16-30-21/h3-6,12-14,17H,7-11,15-16H2,1-2H3/b6-4+. The Morgan fingerprint density at radius 3 is 2.72 bits per heavy atom. The molecule has 0 saturated carbocycles. The number of nitrogens with zero attached hydrogens (tertiary/aromatic N) is 2. The topological polar surface area (TPSA) is 60.5 Å². The summed E-state index contributed by atoms with van der Waals surface area (Å²) in [6.07, 6.45) is 4.51. The Balaban J connectivity index is 1.17. The fraction of sp³-hybridized carbons (Fsp3) is 0.400. The van der Waals surface area contributed by atoms with E-state index in [1.165, 1.54) is 5.56 Å². The van der Waals surface area contributed by atoms with E-state index in [-0.39, 0.29) is 18.8 Å². The second kappa shape index (κ2) is 8.74. The Kier molecular flexibility index (Phi) is 5.66. The maximum absolute atomic E-state index is 12.8. The number of ether oxygens (including phenoxy) is 4. The third-order valence-corrected chi connectivity index (χ3v) is 6.18. The van der Waals surface area contributed by atoms with Crippen LogP contribution >= 0.6 is 0 Å². The Hall–Kier alpha value is -3.19. The van der Waals surface area contributed by atoms with E-state index >= 15 is 0 Å². The minimum Gasteiger partial charge on any atom is -0.496 e. The summed E-state index contributed by atoms with van der Waals surface area (Å²) in [5.74, 6) is 3.27. The van der Waals surface area contributed by atoms with E-state index in [1.807, 2.05) is 35.2 Å². The molecule has 7 nitrogen and oxygen atoms in total. The molecule has 3 heterocycles. The summed E-state index contributed by atoms with van der Waals surface area (Å²) in [6, 6.07) is 10.0. The molecule has 1 unspecified atom stereocenters. The molecule has 0 N–H and O–H groups in total. The maximum Gasteiger partial charge on any atom is 0.246 e. The van der Waals surface area contributed by atoms with Crippen LogP contribution in [0.15, 0.2) is 36.4 Å². The van der Waals surface area contributed by atoms with Crippen LogP contribution < -0.4 is 18.9 Å². The first kappa shape index (κ1) is 20.7. The van der Waals surface area contributed by atoms with Crippen LogP contribution in [0.3, 0.4) is 0 Å². The van der Waals surface area contributed by atoms with Crippen LogP contribution in [0.2, 0.25) is 0 Å². The van der Waals surface area contributed by atoms with Gasteiger partial charge in [-0.1, -0.05) is 6.07 Å². The zero-order chi connectivity index (χ0) is 22.1. The van der Waals surface area contributed by atoms with Crippen molar-refractivity contribution in [3.63, 3.8) is 0 Å². The van der Waals surface area contributed by atoms with Gasteiger partial charge in [-0.3, -0.25) is 9.69 Å². The van der Waals surface area contributed by atoms with Gasteiger partial charge in [0.05, 0.1) is 7.11 Å². The predicted octanol–water partition coefficient (Wildman–Crippen LogP) is 3.10. The number of rotatable bonds is 5. The second-order valence-electron chi connectivity index (χ2n) is 8.46. The first-order valence-corrected chi connectivity index (χ1v) is 11.0. The van der Waals surface area contributed by atoms with Crippen LogP contribution in [0.25, 0.3) is 6.08 Å². The van der Waals surface area contributed by atoms with Crippen LogP contribution in [0.4, 0.5) is 0 Å². The van der Waals surface area contributed by atoms with Crippen molar-refractivity contribution in [3.05, 3.63) is 53.1 Å². The highest BCUT2D eigenvalue weighted by Crippen LogP contribution is 2.36. The largest absolute Gasteiger partial charge is 0.496 e. The number of methoxy groups -OCH3 is 1. The van der Waals surface area contributed by atoms with E-state index in [0.29, 0.717) is 13.1 Å². The summed E-state index contributed by atoms with van der Waals surface area (Å²) in [5.41, 5.74) is 3.20. The monoisotopic (exact) mass is 436 g/mol. The van der Waals surface area contributed by atoms with E-state index in [0.717, 1.165) is 60.2 Å². The summed E-state index contributed by atoms with van der Waals surface area (Å²) in [4.78, 5) is 17.0. The average molecular weight is 437 g/mol. The molecule has 0 bridgehead atoms. The summed E-state index contributed by atoms with van der Waals surface area (Å²) in [7, 11) is 1.65. The number of hydrogen-bond acceptors (Lipinski definition) is 6. The third kappa shape index (κ3) is 4.25. The van der Waals surface area contributed by atoms with Crippen molar-refractivity contribution in [1.29, 1.82) is 0 Å². The van der Waals surface area contributed by atoms with Crippen molar-refractivity contribution in [2.75, 3.05) is 40.1 Å². The molecule has 1 fully saturated rings. The van der Waals surface area contributed by atoms with Crippen LogP contribution in [0.1, 0.15) is 23.6 Å². The zero-order valence-electron chi connectivity index (χ0n) is 18.5. The van der Waals surface area contributed by atoms with Crippen LogP contribution in [-0.4, -0.2) is 61.9 Å². The first-order valence-electron chi connectivity index (χ1n) is 11.0. The fourth-order valence-corrected chi connectivity index (χ4v) is 4.45. The molecule has 2 aromatic rings. The normalized spacial score (nSPS) is 19.8. The van der Waals surface area contributed by atoms with Gasteiger partial charge in [0.2, 0.25) is 12.7 Å². The molecule has 1 amide bonds. The molecule has 3 aliphatic rings. The number of amides is 1. The lowest BCUT2D eigenvalue weighted by Gasteiger charge is -2.34. The molecule has 0 aromatic heterocycles. The highest BCUT2D eigenvalue weighted by molar-refractivity contribution is 5.92. The molecule has 168 valence electrons. The molecule has 3 aliphatic heterocycles. The third-order valence-electron chi connectivity index (χ3n) is 6.18. The van der Waals surface area contributed by atoms with Gasteiger partial charge in [0.25, 0.3) is 0 Å². The smallest absolute Gasteiger partial charge is 0.246 e. The second-order valence-corrected chi connectivity index (χ2v) is 8.46. The number of fused-ring (bicyclic) bond motifs is 2. The van der Waals surface area contributed by atoms with E-state index in [4.69, 9.17) is 18.9 Å². The quantitative estimate of drug-likeness (QED) is 0.672.